The number of aromatic nitrogens is 1. The summed E-state index contributed by atoms with van der Waals surface area (Å²) in [7, 11) is 1.36. The minimum Gasteiger partial charge on any atom is -0.479 e. The largest absolute Gasteiger partial charge is 0.479 e. The summed E-state index contributed by atoms with van der Waals surface area (Å²) in [6, 6.07) is 9.98. The number of benzene rings is 1. The van der Waals surface area contributed by atoms with Gasteiger partial charge in [0.15, 0.2) is 11.7 Å². The van der Waals surface area contributed by atoms with Crippen molar-refractivity contribution < 1.29 is 14.0 Å². The van der Waals surface area contributed by atoms with Gasteiger partial charge in [-0.15, -0.1) is 0 Å². The summed E-state index contributed by atoms with van der Waals surface area (Å²) >= 11 is 6.05. The molecule has 7 heteroatoms. The van der Waals surface area contributed by atoms with Gasteiger partial charge >= 0.3 is 0 Å². The Morgan fingerprint density at radius 3 is 2.87 bits per heavy atom. The summed E-state index contributed by atoms with van der Waals surface area (Å²) in [5.41, 5.74) is 4.11. The highest BCUT2D eigenvalue weighted by atomic mass is 35.5. The van der Waals surface area contributed by atoms with E-state index in [2.05, 4.69) is 15.5 Å². The summed E-state index contributed by atoms with van der Waals surface area (Å²) in [5.74, 6) is -0.218. The second-order valence-corrected chi connectivity index (χ2v) is 5.53. The van der Waals surface area contributed by atoms with E-state index in [9.17, 15) is 4.39 Å². The zero-order valence-electron chi connectivity index (χ0n) is 12.6. The van der Waals surface area contributed by atoms with Crippen LogP contribution in [0.4, 0.5) is 4.39 Å². The quantitative estimate of drug-likeness (QED) is 0.935. The Hall–Kier alpha value is -2.18. The molecule has 120 valence electrons. The summed E-state index contributed by atoms with van der Waals surface area (Å²) in [5, 5.41) is 0.631. The van der Waals surface area contributed by atoms with Crippen LogP contribution in [-0.2, 0) is 4.84 Å². The van der Waals surface area contributed by atoms with Crippen LogP contribution in [0.2, 0.25) is 5.02 Å². The molecule has 0 radical (unpaired) electrons. The molecular formula is C16H15ClFN3O2. The number of hydroxylamine groups is 1. The molecule has 1 aliphatic heterocycles. The standard InChI is InChI=1S/C16H15ClFN3O2/c1-9-14(10-4-3-5-11(17)8-10)20-15(21-23-9)13-7-6-12(18)16(19-13)22-2/h3-9,14H,1-2H3,(H,20,21). The van der Waals surface area contributed by atoms with Crippen molar-refractivity contribution in [1.82, 2.24) is 10.5 Å². The van der Waals surface area contributed by atoms with Crippen LogP contribution in [0, 0.1) is 5.82 Å². The lowest BCUT2D eigenvalue weighted by Gasteiger charge is -2.27. The second-order valence-electron chi connectivity index (χ2n) is 5.09. The van der Waals surface area contributed by atoms with Gasteiger partial charge in [0.2, 0.25) is 0 Å². The average molecular weight is 336 g/mol. The van der Waals surface area contributed by atoms with Crippen LogP contribution in [0.3, 0.4) is 0 Å². The van der Waals surface area contributed by atoms with Gasteiger partial charge in [0, 0.05) is 5.02 Å². The lowest BCUT2D eigenvalue weighted by molar-refractivity contribution is -0.00478. The van der Waals surface area contributed by atoms with E-state index in [0.29, 0.717) is 16.6 Å². The number of amidine groups is 1. The highest BCUT2D eigenvalue weighted by Crippen LogP contribution is 2.28. The monoisotopic (exact) mass is 335 g/mol. The van der Waals surface area contributed by atoms with Gasteiger partial charge in [-0.25, -0.2) is 14.9 Å². The molecule has 0 amide bonds. The van der Waals surface area contributed by atoms with Gasteiger partial charge in [-0.3, -0.25) is 9.83 Å². The maximum atomic E-state index is 13.5. The summed E-state index contributed by atoms with van der Waals surface area (Å²) in [6.45, 7) is 1.90. The topological polar surface area (TPSA) is 55.7 Å². The van der Waals surface area contributed by atoms with Crippen molar-refractivity contribution in [1.29, 1.82) is 0 Å². The van der Waals surface area contributed by atoms with Crippen LogP contribution < -0.4 is 10.2 Å². The molecule has 0 fully saturated rings. The first-order valence-electron chi connectivity index (χ1n) is 7.04. The first-order chi connectivity index (χ1) is 11.1. The highest BCUT2D eigenvalue weighted by Gasteiger charge is 2.26. The number of hydrogen-bond acceptors (Lipinski definition) is 5. The van der Waals surface area contributed by atoms with E-state index in [0.717, 1.165) is 5.56 Å². The van der Waals surface area contributed by atoms with Gasteiger partial charge in [-0.2, -0.15) is 0 Å². The highest BCUT2D eigenvalue weighted by molar-refractivity contribution is 6.30. The maximum Gasteiger partial charge on any atom is 0.250 e. The van der Waals surface area contributed by atoms with Gasteiger partial charge in [-0.1, -0.05) is 23.7 Å². The van der Waals surface area contributed by atoms with Crippen LogP contribution in [0.1, 0.15) is 24.2 Å². The third-order valence-electron chi connectivity index (χ3n) is 3.49. The van der Waals surface area contributed by atoms with E-state index in [1.165, 1.54) is 19.2 Å². The molecule has 1 aromatic carbocycles. The van der Waals surface area contributed by atoms with Crippen molar-refractivity contribution in [2.24, 2.45) is 4.99 Å². The lowest BCUT2D eigenvalue weighted by Crippen LogP contribution is -2.38. The fraction of sp³-hybridized carbons (Fsp3) is 0.250. The zero-order valence-corrected chi connectivity index (χ0v) is 13.3. The first-order valence-corrected chi connectivity index (χ1v) is 7.42. The van der Waals surface area contributed by atoms with Gasteiger partial charge in [-0.05, 0) is 36.8 Å². The molecular weight excluding hydrogens is 321 g/mol. The number of nitrogens with one attached hydrogen (secondary N) is 1. The van der Waals surface area contributed by atoms with E-state index in [4.69, 9.17) is 21.2 Å². The average Bonchev–Trinajstić information content (AvgIpc) is 2.56. The Bertz CT molecular complexity index is 754. The van der Waals surface area contributed by atoms with E-state index < -0.39 is 5.82 Å². The molecule has 0 bridgehead atoms. The normalized spacial score (nSPS) is 20.6. The second kappa shape index (κ2) is 6.52. The minimum absolute atomic E-state index is 0.0927. The Morgan fingerprint density at radius 2 is 2.13 bits per heavy atom. The van der Waals surface area contributed by atoms with Gasteiger partial charge in [0.1, 0.15) is 17.8 Å². The molecule has 23 heavy (non-hydrogen) atoms. The van der Waals surface area contributed by atoms with E-state index in [-0.39, 0.29) is 18.0 Å². The third kappa shape index (κ3) is 3.28. The maximum absolute atomic E-state index is 13.5. The number of ether oxygens (including phenoxy) is 1. The number of hydrogen-bond donors (Lipinski definition) is 1. The van der Waals surface area contributed by atoms with Crippen LogP contribution in [0.25, 0.3) is 0 Å². The molecule has 2 unspecified atom stereocenters. The number of halogens is 2. The molecule has 2 aromatic rings. The summed E-state index contributed by atoms with van der Waals surface area (Å²) in [4.78, 5) is 14.3. The number of rotatable bonds is 3. The van der Waals surface area contributed by atoms with Crippen LogP contribution in [-0.4, -0.2) is 24.0 Å². The van der Waals surface area contributed by atoms with Crippen LogP contribution in [0.5, 0.6) is 5.88 Å². The van der Waals surface area contributed by atoms with Crippen LogP contribution >= 0.6 is 11.6 Å². The molecule has 1 aliphatic rings. The van der Waals surface area contributed by atoms with E-state index >= 15 is 0 Å². The smallest absolute Gasteiger partial charge is 0.250 e. The Kier molecular flexibility index (Phi) is 4.45. The summed E-state index contributed by atoms with van der Waals surface area (Å²) in [6.07, 6.45) is -0.195. The predicted octanol–water partition coefficient (Wildman–Crippen LogP) is 3.29. The number of pyridine rings is 1. The van der Waals surface area contributed by atoms with Crippen molar-refractivity contribution in [2.75, 3.05) is 7.11 Å². The van der Waals surface area contributed by atoms with E-state index in [1.54, 1.807) is 6.07 Å². The van der Waals surface area contributed by atoms with Crippen molar-refractivity contribution >= 4 is 17.4 Å². The fourth-order valence-corrected chi connectivity index (χ4v) is 2.54. The SMILES string of the molecule is COc1nc(C2=NC(c3cccc(Cl)c3)C(C)ON2)ccc1F. The van der Waals surface area contributed by atoms with Gasteiger partial charge in [0.25, 0.3) is 5.88 Å². The van der Waals surface area contributed by atoms with Crippen molar-refractivity contribution in [3.63, 3.8) is 0 Å². The molecule has 0 saturated carbocycles. The molecule has 1 aromatic heterocycles. The Balaban J connectivity index is 1.98. The number of aliphatic imine (C=N–C) groups is 1. The third-order valence-corrected chi connectivity index (χ3v) is 3.73. The van der Waals surface area contributed by atoms with Crippen molar-refractivity contribution in [3.8, 4) is 5.88 Å². The molecule has 5 nitrogen and oxygen atoms in total. The number of nitrogens with zero attached hydrogens (tertiary/aromatic N) is 2. The predicted molar refractivity (Wildman–Crippen MR) is 85.2 cm³/mol. The Labute approximate surface area is 138 Å². The molecule has 0 spiro atoms. The van der Waals surface area contributed by atoms with E-state index in [1.807, 2.05) is 25.1 Å². The number of methoxy groups -OCH3 is 1. The summed E-state index contributed by atoms with van der Waals surface area (Å²) < 4.78 is 18.4. The van der Waals surface area contributed by atoms with Gasteiger partial charge in [0.05, 0.1) is 7.11 Å². The molecule has 0 aliphatic carbocycles. The molecule has 3 rings (SSSR count). The zero-order chi connectivity index (χ0) is 16.4. The van der Waals surface area contributed by atoms with Crippen LogP contribution in [0.15, 0.2) is 41.4 Å². The fourth-order valence-electron chi connectivity index (χ4n) is 2.34. The molecule has 1 N–H and O–H groups in total. The van der Waals surface area contributed by atoms with Crippen molar-refractivity contribution in [3.05, 3.63) is 58.5 Å². The molecule has 0 saturated heterocycles. The first kappa shape index (κ1) is 15.7. The molecule has 2 heterocycles. The lowest BCUT2D eigenvalue weighted by atomic mass is 10.0. The van der Waals surface area contributed by atoms with Crippen molar-refractivity contribution in [2.45, 2.75) is 19.1 Å². The van der Waals surface area contributed by atoms with Gasteiger partial charge < -0.3 is 4.74 Å². The molecule has 2 atom stereocenters. The minimum atomic E-state index is -0.534. The Morgan fingerprint density at radius 1 is 1.30 bits per heavy atom.